The largest absolute Gasteiger partial charge is 0.426 e. The predicted molar refractivity (Wildman–Crippen MR) is 143 cm³/mol. The molecule has 4 aromatic rings. The fraction of sp³-hybridized carbons (Fsp3) is 0.167. The van der Waals surface area contributed by atoms with Crippen LogP contribution in [0.3, 0.4) is 0 Å². The minimum Gasteiger partial charge on any atom is -0.426 e. The third-order valence-corrected chi connectivity index (χ3v) is 7.83. The molecule has 2 aliphatic rings. The molecule has 36 heavy (non-hydrogen) atoms. The smallest absolute Gasteiger partial charge is 0.308 e. The average molecular weight is 540 g/mol. The maximum atomic E-state index is 14.0. The molecule has 1 aliphatic carbocycles. The molecule has 0 N–H and O–H groups in total. The zero-order valence-corrected chi connectivity index (χ0v) is 21.8. The zero-order chi connectivity index (χ0) is 25.5. The Balaban J connectivity index is 1.68. The van der Waals surface area contributed by atoms with Crippen molar-refractivity contribution in [2.45, 2.75) is 33.1 Å². The van der Waals surface area contributed by atoms with Gasteiger partial charge in [-0.05, 0) is 64.9 Å². The number of halogens is 1. The molecule has 1 aliphatic heterocycles. The second kappa shape index (κ2) is 7.61. The summed E-state index contributed by atoms with van der Waals surface area (Å²) in [5, 5.41) is 1.66. The lowest BCUT2D eigenvalue weighted by atomic mass is 9.80. The molecule has 1 heterocycles. The Morgan fingerprint density at radius 2 is 1.44 bits per heavy atom. The van der Waals surface area contributed by atoms with Gasteiger partial charge in [-0.3, -0.25) is 14.4 Å². The molecule has 0 unspecified atom stereocenters. The number of hydrogen-bond donors (Lipinski definition) is 0. The van der Waals surface area contributed by atoms with Gasteiger partial charge in [-0.15, -0.1) is 0 Å². The summed E-state index contributed by atoms with van der Waals surface area (Å²) >= 11 is 3.42. The van der Waals surface area contributed by atoms with Crippen molar-refractivity contribution in [1.29, 1.82) is 0 Å². The average Bonchev–Trinajstić information content (AvgIpc) is 3.22. The second-order valence-corrected chi connectivity index (χ2v) is 10.8. The van der Waals surface area contributed by atoms with E-state index in [0.717, 1.165) is 43.1 Å². The summed E-state index contributed by atoms with van der Waals surface area (Å²) in [6, 6.07) is 18.8. The van der Waals surface area contributed by atoms with Crippen LogP contribution < -0.4 is 9.64 Å². The first-order chi connectivity index (χ1) is 17.1. The molecule has 4 aromatic carbocycles. The van der Waals surface area contributed by atoms with Gasteiger partial charge in [0.2, 0.25) is 0 Å². The number of esters is 1. The van der Waals surface area contributed by atoms with Gasteiger partial charge in [-0.25, -0.2) is 4.90 Å². The number of benzene rings is 4. The van der Waals surface area contributed by atoms with E-state index in [1.165, 1.54) is 11.8 Å². The van der Waals surface area contributed by atoms with E-state index in [9.17, 15) is 14.4 Å². The molecule has 0 aromatic heterocycles. The minimum atomic E-state index is -0.474. The van der Waals surface area contributed by atoms with E-state index in [2.05, 4.69) is 29.8 Å². The highest BCUT2D eigenvalue weighted by Crippen LogP contribution is 2.56. The number of nitrogens with zero attached hydrogens (tertiary/aromatic N) is 1. The molecule has 0 spiro atoms. The number of ether oxygens (including phenoxy) is 1. The van der Waals surface area contributed by atoms with Crippen molar-refractivity contribution in [3.63, 3.8) is 0 Å². The van der Waals surface area contributed by atoms with E-state index in [-0.39, 0.29) is 11.8 Å². The number of anilines is 1. The number of hydrogen-bond acceptors (Lipinski definition) is 4. The van der Waals surface area contributed by atoms with Crippen molar-refractivity contribution >= 4 is 50.2 Å². The highest BCUT2D eigenvalue weighted by atomic mass is 79.9. The van der Waals surface area contributed by atoms with Crippen molar-refractivity contribution < 1.29 is 19.1 Å². The molecule has 2 amide bonds. The van der Waals surface area contributed by atoms with Crippen LogP contribution in [0.4, 0.5) is 5.69 Å². The van der Waals surface area contributed by atoms with Crippen LogP contribution in [-0.4, -0.2) is 17.8 Å². The topological polar surface area (TPSA) is 63.7 Å². The van der Waals surface area contributed by atoms with E-state index in [1.54, 1.807) is 12.1 Å². The Morgan fingerprint density at radius 1 is 0.833 bits per heavy atom. The number of rotatable bonds is 2. The van der Waals surface area contributed by atoms with Gasteiger partial charge in [0, 0.05) is 27.8 Å². The molecule has 0 fully saturated rings. The van der Waals surface area contributed by atoms with Crippen LogP contribution in [-0.2, 0) is 10.2 Å². The number of imide groups is 1. The maximum Gasteiger partial charge on any atom is 0.308 e. The van der Waals surface area contributed by atoms with E-state index in [1.807, 2.05) is 55.5 Å². The first-order valence-electron chi connectivity index (χ1n) is 11.7. The highest BCUT2D eigenvalue weighted by molar-refractivity contribution is 9.10. The second-order valence-electron chi connectivity index (χ2n) is 9.85. The number of carbonyl (C=O) groups is 3. The van der Waals surface area contributed by atoms with Crippen LogP contribution in [0.5, 0.6) is 5.75 Å². The quantitative estimate of drug-likeness (QED) is 0.157. The summed E-state index contributed by atoms with van der Waals surface area (Å²) in [4.78, 5) is 40.8. The zero-order valence-electron chi connectivity index (χ0n) is 20.2. The Hall–Kier alpha value is -3.77. The Bertz CT molecular complexity index is 1670. The fourth-order valence-corrected chi connectivity index (χ4v) is 5.95. The molecular weight excluding hydrogens is 518 g/mol. The first kappa shape index (κ1) is 22.7. The minimum absolute atomic E-state index is 0.315. The molecule has 5 nitrogen and oxygen atoms in total. The third-order valence-electron chi connectivity index (χ3n) is 7.30. The normalized spacial score (nSPS) is 15.2. The van der Waals surface area contributed by atoms with Crippen LogP contribution in [0.15, 0.2) is 65.1 Å². The van der Waals surface area contributed by atoms with Gasteiger partial charge >= 0.3 is 5.97 Å². The highest BCUT2D eigenvalue weighted by Gasteiger charge is 2.47. The summed E-state index contributed by atoms with van der Waals surface area (Å²) < 4.78 is 6.48. The van der Waals surface area contributed by atoms with E-state index in [0.29, 0.717) is 22.6 Å². The van der Waals surface area contributed by atoms with Crippen molar-refractivity contribution in [3.8, 4) is 16.9 Å². The van der Waals surface area contributed by atoms with Crippen LogP contribution in [0.1, 0.15) is 58.2 Å². The van der Waals surface area contributed by atoms with Crippen LogP contribution in [0.2, 0.25) is 0 Å². The SMILES string of the molecule is CC(=O)Oc1cc2c(c3ccccc13)-c1c(cc(C)c3c1C(=O)N(c1ccc(Br)cc1)C3=O)C2(C)C. The molecule has 0 saturated heterocycles. The third kappa shape index (κ3) is 2.97. The number of fused-ring (bicyclic) bond motifs is 7. The van der Waals surface area contributed by atoms with Gasteiger partial charge in [0.05, 0.1) is 16.8 Å². The first-order valence-corrected chi connectivity index (χ1v) is 12.5. The standard InChI is InChI=1S/C30H22BrNO4/c1-15-13-21-26(27-24(15)28(34)32(29(27)35)18-11-9-17(31)10-12-18)25-20-8-6-5-7-19(20)23(36-16(2)33)14-22(25)30(21,3)4/h5-14H,1-4H3. The monoisotopic (exact) mass is 539 g/mol. The van der Waals surface area contributed by atoms with Gasteiger partial charge in [0.25, 0.3) is 11.8 Å². The molecule has 178 valence electrons. The van der Waals surface area contributed by atoms with E-state index in [4.69, 9.17) is 4.74 Å². The molecule has 0 radical (unpaired) electrons. The van der Waals surface area contributed by atoms with Gasteiger partial charge in [0.15, 0.2) is 0 Å². The molecule has 6 heteroatoms. The van der Waals surface area contributed by atoms with Crippen molar-refractivity contribution in [3.05, 3.63) is 93.0 Å². The summed E-state index contributed by atoms with van der Waals surface area (Å²) in [6.45, 7) is 7.48. The maximum absolute atomic E-state index is 14.0. The van der Waals surface area contributed by atoms with Gasteiger partial charge in [0.1, 0.15) is 5.75 Å². The predicted octanol–water partition coefficient (Wildman–Crippen LogP) is 6.94. The van der Waals surface area contributed by atoms with Crippen molar-refractivity contribution in [2.75, 3.05) is 4.90 Å². The summed E-state index contributed by atoms with van der Waals surface area (Å²) in [6.07, 6.45) is 0. The number of aryl methyl sites for hydroxylation is 1. The van der Waals surface area contributed by atoms with Crippen LogP contribution >= 0.6 is 15.9 Å². The van der Waals surface area contributed by atoms with Gasteiger partial charge < -0.3 is 4.74 Å². The lowest BCUT2D eigenvalue weighted by Crippen LogP contribution is -2.29. The van der Waals surface area contributed by atoms with Crippen molar-refractivity contribution in [1.82, 2.24) is 0 Å². The lowest BCUT2D eigenvalue weighted by molar-refractivity contribution is -0.131. The molecule has 6 rings (SSSR count). The summed E-state index contributed by atoms with van der Waals surface area (Å²) in [7, 11) is 0. The van der Waals surface area contributed by atoms with E-state index >= 15 is 0 Å². The van der Waals surface area contributed by atoms with Gasteiger partial charge in [-0.1, -0.05) is 60.1 Å². The molecule has 0 saturated carbocycles. The van der Waals surface area contributed by atoms with Crippen LogP contribution in [0, 0.1) is 6.92 Å². The van der Waals surface area contributed by atoms with E-state index < -0.39 is 11.4 Å². The summed E-state index contributed by atoms with van der Waals surface area (Å²) in [5.74, 6) is -0.542. The van der Waals surface area contributed by atoms with Gasteiger partial charge in [-0.2, -0.15) is 0 Å². The Labute approximate surface area is 216 Å². The summed E-state index contributed by atoms with van der Waals surface area (Å²) in [5.41, 5.74) is 5.36. The Morgan fingerprint density at radius 3 is 2.11 bits per heavy atom. The molecule has 0 atom stereocenters. The number of carbonyl (C=O) groups excluding carboxylic acids is 3. The lowest BCUT2D eigenvalue weighted by Gasteiger charge is -2.23. The fourth-order valence-electron chi connectivity index (χ4n) is 5.69. The van der Waals surface area contributed by atoms with Crippen molar-refractivity contribution in [2.24, 2.45) is 0 Å². The number of amides is 2. The molecular formula is C30H22BrNO4. The molecule has 0 bridgehead atoms. The Kier molecular flexibility index (Phi) is 4.80. The van der Waals surface area contributed by atoms with Crippen LogP contribution in [0.25, 0.3) is 21.9 Å².